The second-order valence-corrected chi connectivity index (χ2v) is 5.84. The van der Waals surface area contributed by atoms with Crippen LogP contribution in [0.5, 0.6) is 0 Å². The Kier molecular flexibility index (Phi) is 5.69. The van der Waals surface area contributed by atoms with Crippen LogP contribution in [0, 0.1) is 5.92 Å². The highest BCUT2D eigenvalue weighted by Gasteiger charge is 2.22. The van der Waals surface area contributed by atoms with E-state index in [1.54, 1.807) is 6.07 Å². The summed E-state index contributed by atoms with van der Waals surface area (Å²) in [6.07, 6.45) is 0.335. The number of H-pyrrole nitrogens is 1. The van der Waals surface area contributed by atoms with Gasteiger partial charge in [-0.25, -0.2) is 4.79 Å². The second kappa shape index (κ2) is 7.06. The highest BCUT2D eigenvalue weighted by molar-refractivity contribution is 5.96. The van der Waals surface area contributed by atoms with Crippen LogP contribution in [0.2, 0.25) is 0 Å². The maximum absolute atomic E-state index is 12.1. The molecule has 6 nitrogen and oxygen atoms in total. The zero-order chi connectivity index (χ0) is 16.2. The van der Waals surface area contributed by atoms with E-state index < -0.39 is 17.9 Å². The molecule has 0 aliphatic carbocycles. The molecule has 0 saturated heterocycles. The number of nitrogens with one attached hydrogen (secondary N) is 2. The van der Waals surface area contributed by atoms with E-state index in [-0.39, 0.29) is 23.0 Å². The summed E-state index contributed by atoms with van der Waals surface area (Å²) in [5.74, 6) is -1.42. The molecule has 3 N–H and O–H groups in total. The van der Waals surface area contributed by atoms with Gasteiger partial charge < -0.3 is 15.4 Å². The summed E-state index contributed by atoms with van der Waals surface area (Å²) in [5.41, 5.74) is 0.447. The summed E-state index contributed by atoms with van der Waals surface area (Å²) >= 11 is 0. The Hall–Kier alpha value is -2.11. The first-order valence-electron chi connectivity index (χ1n) is 6.98. The van der Waals surface area contributed by atoms with Crippen LogP contribution in [0.15, 0.2) is 16.9 Å². The maximum atomic E-state index is 12.1. The zero-order valence-electron chi connectivity index (χ0n) is 12.8. The third kappa shape index (κ3) is 5.06. The lowest BCUT2D eigenvalue weighted by Gasteiger charge is -2.16. The van der Waals surface area contributed by atoms with Crippen molar-refractivity contribution < 1.29 is 14.7 Å². The fourth-order valence-corrected chi connectivity index (χ4v) is 1.94. The Labute approximate surface area is 123 Å². The fourth-order valence-electron chi connectivity index (χ4n) is 1.94. The standard InChI is InChI=1S/C15H22N2O4/c1-8(2)5-12(15(20)21)17-14(19)10-6-11(9(3)4)16-13(18)7-10/h6-9,12H,5H2,1-4H3,(H,16,18)(H,17,19)(H,20,21)/t12-/m1/s1. The summed E-state index contributed by atoms with van der Waals surface area (Å²) in [6.45, 7) is 7.55. The van der Waals surface area contributed by atoms with Crippen molar-refractivity contribution in [1.82, 2.24) is 10.3 Å². The van der Waals surface area contributed by atoms with Gasteiger partial charge in [-0.15, -0.1) is 0 Å². The predicted molar refractivity (Wildman–Crippen MR) is 79.5 cm³/mol. The van der Waals surface area contributed by atoms with Crippen LogP contribution >= 0.6 is 0 Å². The Morgan fingerprint density at radius 3 is 2.33 bits per heavy atom. The molecule has 21 heavy (non-hydrogen) atoms. The van der Waals surface area contributed by atoms with E-state index in [9.17, 15) is 14.4 Å². The molecular weight excluding hydrogens is 272 g/mol. The number of hydrogen-bond donors (Lipinski definition) is 3. The Morgan fingerprint density at radius 1 is 1.24 bits per heavy atom. The SMILES string of the molecule is CC(C)C[C@@H](NC(=O)c1cc(C(C)C)[nH]c(=O)c1)C(=O)O. The number of rotatable bonds is 6. The van der Waals surface area contributed by atoms with Crippen molar-refractivity contribution in [2.24, 2.45) is 5.92 Å². The lowest BCUT2D eigenvalue weighted by atomic mass is 10.0. The van der Waals surface area contributed by atoms with Gasteiger partial charge in [0.05, 0.1) is 0 Å². The predicted octanol–water partition coefficient (Wildman–Crippen LogP) is 1.73. The number of hydrogen-bond acceptors (Lipinski definition) is 3. The molecule has 1 rings (SSSR count). The molecule has 0 fully saturated rings. The van der Waals surface area contributed by atoms with Gasteiger partial charge in [0, 0.05) is 17.3 Å². The van der Waals surface area contributed by atoms with Crippen molar-refractivity contribution in [2.75, 3.05) is 0 Å². The first-order chi connectivity index (χ1) is 9.70. The van der Waals surface area contributed by atoms with E-state index in [0.717, 1.165) is 0 Å². The van der Waals surface area contributed by atoms with Gasteiger partial charge in [0.25, 0.3) is 5.91 Å². The summed E-state index contributed by atoms with van der Waals surface area (Å²) in [7, 11) is 0. The van der Waals surface area contributed by atoms with Crippen LogP contribution in [0.4, 0.5) is 0 Å². The molecule has 0 aromatic carbocycles. The molecule has 1 atom stereocenters. The van der Waals surface area contributed by atoms with Crippen LogP contribution in [-0.2, 0) is 4.79 Å². The number of amides is 1. The number of carboxylic acids is 1. The molecule has 1 aromatic rings. The van der Waals surface area contributed by atoms with E-state index in [2.05, 4.69) is 10.3 Å². The van der Waals surface area contributed by atoms with Gasteiger partial charge in [-0.05, 0) is 24.3 Å². The van der Waals surface area contributed by atoms with Gasteiger partial charge in [-0.1, -0.05) is 27.7 Å². The van der Waals surface area contributed by atoms with Crippen molar-refractivity contribution >= 4 is 11.9 Å². The normalized spacial score (nSPS) is 12.5. The Morgan fingerprint density at radius 2 is 1.86 bits per heavy atom. The molecule has 0 saturated carbocycles. The third-order valence-corrected chi connectivity index (χ3v) is 3.06. The van der Waals surface area contributed by atoms with Crippen molar-refractivity contribution in [1.29, 1.82) is 0 Å². The van der Waals surface area contributed by atoms with Crippen LogP contribution < -0.4 is 10.9 Å². The van der Waals surface area contributed by atoms with Gasteiger partial charge in [-0.3, -0.25) is 9.59 Å². The van der Waals surface area contributed by atoms with Crippen molar-refractivity contribution in [2.45, 2.75) is 46.1 Å². The van der Waals surface area contributed by atoms with E-state index in [1.165, 1.54) is 6.07 Å². The average Bonchev–Trinajstić information content (AvgIpc) is 2.36. The quantitative estimate of drug-likeness (QED) is 0.744. The summed E-state index contributed by atoms with van der Waals surface area (Å²) < 4.78 is 0. The van der Waals surface area contributed by atoms with Gasteiger partial charge >= 0.3 is 5.97 Å². The monoisotopic (exact) mass is 294 g/mol. The average molecular weight is 294 g/mol. The lowest BCUT2D eigenvalue weighted by Crippen LogP contribution is -2.42. The topological polar surface area (TPSA) is 99.3 Å². The number of aromatic amines is 1. The van der Waals surface area contributed by atoms with Crippen LogP contribution in [-0.4, -0.2) is 28.0 Å². The minimum Gasteiger partial charge on any atom is -0.480 e. The van der Waals surface area contributed by atoms with E-state index in [0.29, 0.717) is 12.1 Å². The lowest BCUT2D eigenvalue weighted by molar-refractivity contribution is -0.139. The molecule has 0 radical (unpaired) electrons. The first-order valence-corrected chi connectivity index (χ1v) is 6.98. The number of aliphatic carboxylic acids is 1. The highest BCUT2D eigenvalue weighted by Crippen LogP contribution is 2.12. The zero-order valence-corrected chi connectivity index (χ0v) is 12.8. The number of carboxylic acid groups (broad SMARTS) is 1. The van der Waals surface area contributed by atoms with Gasteiger partial charge in [0.2, 0.25) is 5.56 Å². The summed E-state index contributed by atoms with van der Waals surface area (Å²) in [6, 6.07) is 1.80. The van der Waals surface area contributed by atoms with E-state index in [4.69, 9.17) is 5.11 Å². The molecule has 1 amide bonds. The van der Waals surface area contributed by atoms with Gasteiger partial charge in [0.1, 0.15) is 6.04 Å². The smallest absolute Gasteiger partial charge is 0.326 e. The molecule has 0 aliphatic heterocycles. The van der Waals surface area contributed by atoms with Gasteiger partial charge in [-0.2, -0.15) is 0 Å². The fraction of sp³-hybridized carbons (Fsp3) is 0.533. The molecule has 0 spiro atoms. The molecule has 6 heteroatoms. The Balaban J connectivity index is 2.97. The van der Waals surface area contributed by atoms with Crippen LogP contribution in [0.25, 0.3) is 0 Å². The first kappa shape index (κ1) is 16.9. The van der Waals surface area contributed by atoms with Crippen molar-refractivity contribution in [3.63, 3.8) is 0 Å². The van der Waals surface area contributed by atoms with Crippen molar-refractivity contribution in [3.8, 4) is 0 Å². The molecule has 116 valence electrons. The van der Waals surface area contributed by atoms with Crippen LogP contribution in [0.1, 0.15) is 56.1 Å². The number of carbonyl (C=O) groups excluding carboxylic acids is 1. The highest BCUT2D eigenvalue weighted by atomic mass is 16.4. The van der Waals surface area contributed by atoms with E-state index >= 15 is 0 Å². The number of carbonyl (C=O) groups is 2. The van der Waals surface area contributed by atoms with Gasteiger partial charge in [0.15, 0.2) is 0 Å². The summed E-state index contributed by atoms with van der Waals surface area (Å²) in [4.78, 5) is 37.5. The molecule has 1 aromatic heterocycles. The Bertz CT molecular complexity index is 575. The van der Waals surface area contributed by atoms with E-state index in [1.807, 2.05) is 27.7 Å². The molecule has 0 unspecified atom stereocenters. The van der Waals surface area contributed by atoms with Crippen molar-refractivity contribution in [3.05, 3.63) is 33.7 Å². The van der Waals surface area contributed by atoms with Crippen LogP contribution in [0.3, 0.4) is 0 Å². The second-order valence-electron chi connectivity index (χ2n) is 5.84. The largest absolute Gasteiger partial charge is 0.480 e. The number of pyridine rings is 1. The molecule has 0 bridgehead atoms. The maximum Gasteiger partial charge on any atom is 0.326 e. The molecular formula is C15H22N2O4. The third-order valence-electron chi connectivity index (χ3n) is 3.06. The molecule has 0 aliphatic rings. The number of aromatic nitrogens is 1. The molecule has 1 heterocycles. The summed E-state index contributed by atoms with van der Waals surface area (Å²) in [5, 5.41) is 11.6. The minimum atomic E-state index is -1.08. The minimum absolute atomic E-state index is 0.0661.